The maximum absolute atomic E-state index is 11.3. The van der Waals surface area contributed by atoms with E-state index in [2.05, 4.69) is 14.9 Å². The van der Waals surface area contributed by atoms with Crippen LogP contribution < -0.4 is 5.32 Å². The van der Waals surface area contributed by atoms with Crippen molar-refractivity contribution in [2.24, 2.45) is 0 Å². The molecule has 0 radical (unpaired) electrons. The Bertz CT molecular complexity index is 265. The first-order valence-electron chi connectivity index (χ1n) is 3.93. The van der Waals surface area contributed by atoms with Crippen LogP contribution in [-0.4, -0.2) is 27.4 Å². The molecule has 0 saturated carbocycles. The van der Waals surface area contributed by atoms with Crippen molar-refractivity contribution >= 4 is 29.0 Å². The fourth-order valence-electron chi connectivity index (χ4n) is 0.702. The zero-order valence-corrected chi connectivity index (χ0v) is 8.73. The molecule has 1 N–H and O–H groups in total. The van der Waals surface area contributed by atoms with Gasteiger partial charge in [0.2, 0.25) is 0 Å². The standard InChI is InChI=1S/C7H10ClN3OS/c1-2-5(8)3-9-7(12)6-4-10-11-13-6/h4-5H,2-3H2,1H3,(H,9,12). The molecule has 1 rings (SSSR count). The van der Waals surface area contributed by atoms with E-state index in [-0.39, 0.29) is 11.3 Å². The Morgan fingerprint density at radius 1 is 1.85 bits per heavy atom. The van der Waals surface area contributed by atoms with Gasteiger partial charge in [-0.05, 0) is 18.0 Å². The molecule has 0 bridgehead atoms. The predicted octanol–water partition coefficient (Wildman–Crippen LogP) is 1.29. The average molecular weight is 220 g/mol. The Labute approximate surface area is 85.5 Å². The number of nitrogens with zero attached hydrogens (tertiary/aromatic N) is 2. The van der Waals surface area contributed by atoms with Gasteiger partial charge in [-0.15, -0.1) is 16.7 Å². The number of hydrogen-bond donors (Lipinski definition) is 1. The summed E-state index contributed by atoms with van der Waals surface area (Å²) in [5.74, 6) is -0.158. The van der Waals surface area contributed by atoms with Gasteiger partial charge in [-0.3, -0.25) is 4.79 Å². The van der Waals surface area contributed by atoms with Gasteiger partial charge < -0.3 is 5.32 Å². The first-order valence-corrected chi connectivity index (χ1v) is 5.14. The number of amides is 1. The highest BCUT2D eigenvalue weighted by Crippen LogP contribution is 2.03. The molecule has 1 aromatic heterocycles. The molecule has 0 aromatic carbocycles. The third-order valence-electron chi connectivity index (χ3n) is 1.51. The van der Waals surface area contributed by atoms with E-state index in [0.29, 0.717) is 11.4 Å². The van der Waals surface area contributed by atoms with Gasteiger partial charge in [0.1, 0.15) is 4.88 Å². The molecule has 1 aromatic rings. The van der Waals surface area contributed by atoms with Crippen molar-refractivity contribution in [2.75, 3.05) is 6.54 Å². The summed E-state index contributed by atoms with van der Waals surface area (Å²) in [6, 6.07) is 0. The second-order valence-corrected chi connectivity index (χ2v) is 3.90. The van der Waals surface area contributed by atoms with Crippen molar-refractivity contribution in [2.45, 2.75) is 18.7 Å². The molecule has 0 spiro atoms. The molecular weight excluding hydrogens is 210 g/mol. The van der Waals surface area contributed by atoms with E-state index < -0.39 is 0 Å². The Morgan fingerprint density at radius 2 is 2.62 bits per heavy atom. The van der Waals surface area contributed by atoms with Crippen LogP contribution in [0.2, 0.25) is 0 Å². The Kier molecular flexibility index (Phi) is 4.11. The Balaban J connectivity index is 2.35. The van der Waals surface area contributed by atoms with Gasteiger partial charge >= 0.3 is 0 Å². The zero-order valence-electron chi connectivity index (χ0n) is 7.16. The summed E-state index contributed by atoms with van der Waals surface area (Å²) in [5.41, 5.74) is 0. The van der Waals surface area contributed by atoms with Crippen LogP contribution in [0.3, 0.4) is 0 Å². The van der Waals surface area contributed by atoms with E-state index >= 15 is 0 Å². The lowest BCUT2D eigenvalue weighted by Crippen LogP contribution is -2.28. The lowest BCUT2D eigenvalue weighted by molar-refractivity contribution is 0.0957. The zero-order chi connectivity index (χ0) is 9.68. The highest BCUT2D eigenvalue weighted by atomic mass is 35.5. The molecular formula is C7H10ClN3OS. The number of carbonyl (C=O) groups is 1. The number of aromatic nitrogens is 2. The van der Waals surface area contributed by atoms with E-state index in [0.717, 1.165) is 18.0 Å². The minimum Gasteiger partial charge on any atom is -0.350 e. The normalized spacial score (nSPS) is 12.5. The van der Waals surface area contributed by atoms with E-state index in [4.69, 9.17) is 11.6 Å². The summed E-state index contributed by atoms with van der Waals surface area (Å²) in [6.45, 7) is 2.45. The molecule has 1 heterocycles. The molecule has 0 saturated heterocycles. The molecule has 0 aliphatic heterocycles. The number of rotatable bonds is 4. The molecule has 1 amide bonds. The van der Waals surface area contributed by atoms with Crippen LogP contribution in [0.15, 0.2) is 6.20 Å². The van der Waals surface area contributed by atoms with Crippen molar-refractivity contribution in [1.29, 1.82) is 0 Å². The predicted molar refractivity (Wildman–Crippen MR) is 52.2 cm³/mol. The second kappa shape index (κ2) is 5.14. The quantitative estimate of drug-likeness (QED) is 0.777. The van der Waals surface area contributed by atoms with Crippen molar-refractivity contribution in [1.82, 2.24) is 14.9 Å². The largest absolute Gasteiger partial charge is 0.350 e. The molecule has 13 heavy (non-hydrogen) atoms. The molecule has 72 valence electrons. The third kappa shape index (κ3) is 3.28. The van der Waals surface area contributed by atoms with E-state index in [1.807, 2.05) is 6.92 Å². The van der Waals surface area contributed by atoms with Crippen molar-refractivity contribution < 1.29 is 4.79 Å². The minimum atomic E-state index is -0.158. The summed E-state index contributed by atoms with van der Waals surface area (Å²) in [7, 11) is 0. The topological polar surface area (TPSA) is 54.9 Å². The summed E-state index contributed by atoms with van der Waals surface area (Å²) in [5, 5.41) is 6.25. The van der Waals surface area contributed by atoms with Gasteiger partial charge in [0.15, 0.2) is 0 Å². The van der Waals surface area contributed by atoms with Crippen LogP contribution in [0, 0.1) is 0 Å². The van der Waals surface area contributed by atoms with Gasteiger partial charge in [0.05, 0.1) is 11.6 Å². The fraction of sp³-hybridized carbons (Fsp3) is 0.571. The van der Waals surface area contributed by atoms with Crippen molar-refractivity contribution in [3.8, 4) is 0 Å². The lowest BCUT2D eigenvalue weighted by atomic mass is 10.3. The van der Waals surface area contributed by atoms with Crippen LogP contribution in [0.25, 0.3) is 0 Å². The SMILES string of the molecule is CCC(Cl)CNC(=O)c1cnns1. The first-order chi connectivity index (χ1) is 6.24. The van der Waals surface area contributed by atoms with E-state index in [1.165, 1.54) is 6.20 Å². The van der Waals surface area contributed by atoms with Gasteiger partial charge in [-0.1, -0.05) is 11.4 Å². The van der Waals surface area contributed by atoms with E-state index in [1.54, 1.807) is 0 Å². The molecule has 1 atom stereocenters. The molecule has 0 fully saturated rings. The second-order valence-electron chi connectivity index (χ2n) is 2.50. The first kappa shape index (κ1) is 10.4. The van der Waals surface area contributed by atoms with Gasteiger partial charge in [-0.25, -0.2) is 0 Å². The lowest BCUT2D eigenvalue weighted by Gasteiger charge is -2.06. The summed E-state index contributed by atoms with van der Waals surface area (Å²) in [6.07, 6.45) is 2.28. The van der Waals surface area contributed by atoms with Gasteiger partial charge in [-0.2, -0.15) is 0 Å². The minimum absolute atomic E-state index is 0.00942. The van der Waals surface area contributed by atoms with Crippen LogP contribution in [-0.2, 0) is 0 Å². The molecule has 0 aliphatic rings. The van der Waals surface area contributed by atoms with Crippen LogP contribution in [0.5, 0.6) is 0 Å². The number of nitrogens with one attached hydrogen (secondary N) is 1. The van der Waals surface area contributed by atoms with Crippen LogP contribution >= 0.6 is 23.1 Å². The molecule has 4 nitrogen and oxygen atoms in total. The van der Waals surface area contributed by atoms with Gasteiger partial charge in [0, 0.05) is 6.54 Å². The monoisotopic (exact) mass is 219 g/mol. The Hall–Kier alpha value is -0.680. The summed E-state index contributed by atoms with van der Waals surface area (Å²) < 4.78 is 3.59. The fourth-order valence-corrected chi connectivity index (χ4v) is 1.21. The average Bonchev–Trinajstić information content (AvgIpc) is 2.66. The number of alkyl halides is 1. The van der Waals surface area contributed by atoms with Crippen LogP contribution in [0.1, 0.15) is 23.0 Å². The maximum Gasteiger partial charge on any atom is 0.264 e. The smallest absolute Gasteiger partial charge is 0.264 e. The number of hydrogen-bond acceptors (Lipinski definition) is 4. The summed E-state index contributed by atoms with van der Waals surface area (Å²) >= 11 is 6.90. The van der Waals surface area contributed by atoms with Crippen LogP contribution in [0.4, 0.5) is 0 Å². The molecule has 1 unspecified atom stereocenters. The number of carbonyl (C=O) groups excluding carboxylic acids is 1. The highest BCUT2D eigenvalue weighted by molar-refractivity contribution is 7.07. The van der Waals surface area contributed by atoms with Gasteiger partial charge in [0.25, 0.3) is 5.91 Å². The van der Waals surface area contributed by atoms with Crippen molar-refractivity contribution in [3.05, 3.63) is 11.1 Å². The molecule has 0 aliphatic carbocycles. The Morgan fingerprint density at radius 3 is 3.15 bits per heavy atom. The summed E-state index contributed by atoms with van der Waals surface area (Å²) in [4.78, 5) is 11.8. The molecule has 6 heteroatoms. The number of halogens is 1. The maximum atomic E-state index is 11.3. The van der Waals surface area contributed by atoms with E-state index in [9.17, 15) is 4.79 Å². The third-order valence-corrected chi connectivity index (χ3v) is 2.64. The van der Waals surface area contributed by atoms with Crippen molar-refractivity contribution in [3.63, 3.8) is 0 Å². The highest BCUT2D eigenvalue weighted by Gasteiger charge is 2.09.